The number of fused-ring (bicyclic) bond motifs is 1. The van der Waals surface area contributed by atoms with Crippen LogP contribution in [0.4, 0.5) is 32.0 Å². The summed E-state index contributed by atoms with van der Waals surface area (Å²) in [7, 11) is 1.11. The van der Waals surface area contributed by atoms with E-state index in [0.717, 1.165) is 43.5 Å². The van der Waals surface area contributed by atoms with Gasteiger partial charge in [-0.3, -0.25) is 9.59 Å². The molecule has 1 heterocycles. The number of nitrogens with one attached hydrogen (secondary N) is 1. The van der Waals surface area contributed by atoms with Gasteiger partial charge in [0.05, 0.1) is 24.8 Å². The van der Waals surface area contributed by atoms with E-state index in [2.05, 4.69) is 15.0 Å². The van der Waals surface area contributed by atoms with Crippen LogP contribution in [-0.2, 0) is 26.7 Å². The lowest BCUT2D eigenvalue weighted by Crippen LogP contribution is -2.17. The summed E-state index contributed by atoms with van der Waals surface area (Å²) in [6.45, 7) is 0. The molecule has 170 valence electrons. The van der Waals surface area contributed by atoms with Gasteiger partial charge in [0.15, 0.2) is 5.58 Å². The number of aromatic nitrogens is 1. The van der Waals surface area contributed by atoms with Crippen LogP contribution in [0.5, 0.6) is 0 Å². The third kappa shape index (κ3) is 5.01. The summed E-state index contributed by atoms with van der Waals surface area (Å²) < 4.78 is 89.0. The highest BCUT2D eigenvalue weighted by Gasteiger charge is 2.38. The molecule has 0 aliphatic heterocycles. The van der Waals surface area contributed by atoms with Gasteiger partial charge in [0.2, 0.25) is 11.8 Å². The van der Waals surface area contributed by atoms with Crippen LogP contribution >= 0.6 is 0 Å². The first kappa shape index (κ1) is 23.1. The molecule has 0 radical (unpaired) electrons. The van der Waals surface area contributed by atoms with E-state index < -0.39 is 53.0 Å². The van der Waals surface area contributed by atoms with Gasteiger partial charge >= 0.3 is 18.3 Å². The number of hydrogen-bond donors (Lipinski definition) is 1. The Kier molecular flexibility index (Phi) is 6.15. The molecule has 0 saturated heterocycles. The predicted molar refractivity (Wildman–Crippen MR) is 99.3 cm³/mol. The summed E-state index contributed by atoms with van der Waals surface area (Å²) in [5.41, 5.74) is -3.74. The summed E-state index contributed by atoms with van der Waals surface area (Å²) in [5, 5.41) is 2.08. The van der Waals surface area contributed by atoms with E-state index in [4.69, 9.17) is 4.42 Å². The fourth-order valence-corrected chi connectivity index (χ4v) is 2.83. The highest BCUT2D eigenvalue weighted by molar-refractivity contribution is 5.96. The van der Waals surface area contributed by atoms with Gasteiger partial charge in [-0.05, 0) is 36.4 Å². The minimum absolute atomic E-state index is 0.0333. The van der Waals surface area contributed by atoms with Crippen molar-refractivity contribution in [1.82, 2.24) is 4.98 Å². The molecule has 3 aromatic rings. The van der Waals surface area contributed by atoms with Crippen molar-refractivity contribution in [2.45, 2.75) is 25.2 Å². The number of anilines is 1. The Balaban J connectivity index is 1.98. The molecule has 0 bridgehead atoms. The van der Waals surface area contributed by atoms with Crippen molar-refractivity contribution in [3.8, 4) is 11.5 Å². The maximum atomic E-state index is 13.8. The van der Waals surface area contributed by atoms with Gasteiger partial charge in [-0.1, -0.05) is 0 Å². The summed E-state index contributed by atoms with van der Waals surface area (Å²) in [5.74, 6) is -1.89. The van der Waals surface area contributed by atoms with Crippen LogP contribution in [0.2, 0.25) is 0 Å². The standard InChI is InChI=1S/C20H14F6N2O4/c1-31-15(30)9-8-14(29)27-12-6-7-13-17(16(12)20(24,25)26)32-18(28-13)10-2-4-11(5-3-10)19(21,22)23/h2-7H,8-9H2,1H3,(H,27,29). The van der Waals surface area contributed by atoms with Crippen LogP contribution in [0.25, 0.3) is 22.6 Å². The minimum atomic E-state index is -4.96. The van der Waals surface area contributed by atoms with Crippen molar-refractivity contribution in [2.24, 2.45) is 0 Å². The summed E-state index contributed by atoms with van der Waals surface area (Å²) >= 11 is 0. The quantitative estimate of drug-likeness (QED) is 0.406. The molecule has 0 spiro atoms. The second-order valence-electron chi connectivity index (χ2n) is 6.55. The Bertz CT molecular complexity index is 1150. The van der Waals surface area contributed by atoms with Gasteiger partial charge in [-0.25, -0.2) is 4.98 Å². The molecule has 0 fully saturated rings. The largest absolute Gasteiger partial charge is 0.469 e. The summed E-state index contributed by atoms with van der Waals surface area (Å²) in [6.07, 6.45) is -10.3. The number of rotatable bonds is 5. The molecule has 3 rings (SSSR count). The van der Waals surface area contributed by atoms with Crippen molar-refractivity contribution in [1.29, 1.82) is 0 Å². The molecule has 0 aliphatic rings. The zero-order valence-electron chi connectivity index (χ0n) is 16.2. The van der Waals surface area contributed by atoms with Crippen LogP contribution in [0, 0.1) is 0 Å². The molecular formula is C20H14F6N2O4. The molecule has 12 heteroatoms. The molecule has 0 unspecified atom stereocenters. The maximum absolute atomic E-state index is 13.8. The first-order valence-electron chi connectivity index (χ1n) is 8.95. The monoisotopic (exact) mass is 460 g/mol. The molecule has 1 aromatic heterocycles. The number of halogens is 6. The predicted octanol–water partition coefficient (Wildman–Crippen LogP) is 5.42. The number of carbonyl (C=O) groups is 2. The van der Waals surface area contributed by atoms with Crippen molar-refractivity contribution >= 4 is 28.7 Å². The van der Waals surface area contributed by atoms with Crippen LogP contribution in [0.1, 0.15) is 24.0 Å². The Morgan fingerprint density at radius 2 is 1.62 bits per heavy atom. The smallest absolute Gasteiger partial charge is 0.422 e. The van der Waals surface area contributed by atoms with E-state index in [9.17, 15) is 35.9 Å². The molecule has 6 nitrogen and oxygen atoms in total. The fourth-order valence-electron chi connectivity index (χ4n) is 2.83. The lowest BCUT2D eigenvalue weighted by molar-refractivity contribution is -0.142. The van der Waals surface area contributed by atoms with Gasteiger partial charge in [-0.15, -0.1) is 0 Å². The van der Waals surface area contributed by atoms with E-state index in [0.29, 0.717) is 0 Å². The van der Waals surface area contributed by atoms with Gasteiger partial charge in [-0.2, -0.15) is 26.3 Å². The first-order valence-corrected chi connectivity index (χ1v) is 8.95. The molecule has 2 aromatic carbocycles. The highest BCUT2D eigenvalue weighted by atomic mass is 19.4. The number of esters is 1. The average Bonchev–Trinajstić information content (AvgIpc) is 3.14. The third-order valence-corrected chi connectivity index (χ3v) is 4.36. The fraction of sp³-hybridized carbons (Fsp3) is 0.250. The Hall–Kier alpha value is -3.57. The molecule has 32 heavy (non-hydrogen) atoms. The number of ether oxygens (including phenoxy) is 1. The van der Waals surface area contributed by atoms with Crippen LogP contribution < -0.4 is 5.32 Å². The van der Waals surface area contributed by atoms with Crippen molar-refractivity contribution in [2.75, 3.05) is 12.4 Å². The maximum Gasteiger partial charge on any atom is 0.422 e. The van der Waals surface area contributed by atoms with Crippen molar-refractivity contribution in [3.63, 3.8) is 0 Å². The van der Waals surface area contributed by atoms with Gasteiger partial charge in [0.25, 0.3) is 0 Å². The van der Waals surface area contributed by atoms with Crippen molar-refractivity contribution in [3.05, 3.63) is 47.5 Å². The molecule has 0 atom stereocenters. The van der Waals surface area contributed by atoms with Crippen LogP contribution in [0.15, 0.2) is 40.8 Å². The van der Waals surface area contributed by atoms with E-state index in [1.165, 1.54) is 0 Å². The second-order valence-corrected chi connectivity index (χ2v) is 6.55. The Morgan fingerprint density at radius 1 is 0.969 bits per heavy atom. The number of oxazole rings is 1. The average molecular weight is 460 g/mol. The van der Waals surface area contributed by atoms with E-state index >= 15 is 0 Å². The van der Waals surface area contributed by atoms with Crippen LogP contribution in [0.3, 0.4) is 0 Å². The summed E-state index contributed by atoms with van der Waals surface area (Å²) in [6, 6.07) is 5.69. The molecule has 0 aliphatic carbocycles. The van der Waals surface area contributed by atoms with E-state index in [1.54, 1.807) is 0 Å². The van der Waals surface area contributed by atoms with Crippen LogP contribution in [-0.4, -0.2) is 24.0 Å². The summed E-state index contributed by atoms with van der Waals surface area (Å²) in [4.78, 5) is 27.0. The zero-order valence-corrected chi connectivity index (χ0v) is 16.2. The zero-order chi connectivity index (χ0) is 23.7. The number of methoxy groups -OCH3 is 1. The Morgan fingerprint density at radius 3 is 2.19 bits per heavy atom. The first-order chi connectivity index (χ1) is 14.9. The number of amides is 1. The number of hydrogen-bond acceptors (Lipinski definition) is 5. The van der Waals surface area contributed by atoms with Gasteiger partial charge in [0, 0.05) is 12.0 Å². The third-order valence-electron chi connectivity index (χ3n) is 4.36. The van der Waals surface area contributed by atoms with Crippen molar-refractivity contribution < 1.29 is 45.1 Å². The second kappa shape index (κ2) is 8.52. The van der Waals surface area contributed by atoms with E-state index in [1.807, 2.05) is 0 Å². The number of nitrogens with zero attached hydrogens (tertiary/aromatic N) is 1. The lowest BCUT2D eigenvalue weighted by Gasteiger charge is -2.13. The highest BCUT2D eigenvalue weighted by Crippen LogP contribution is 2.41. The van der Waals surface area contributed by atoms with E-state index in [-0.39, 0.29) is 23.4 Å². The molecular weight excluding hydrogens is 446 g/mol. The lowest BCUT2D eigenvalue weighted by atomic mass is 10.1. The van der Waals surface area contributed by atoms with Gasteiger partial charge < -0.3 is 14.5 Å². The molecule has 1 amide bonds. The minimum Gasteiger partial charge on any atom is -0.469 e. The SMILES string of the molecule is COC(=O)CCC(=O)Nc1ccc2nc(-c3ccc(C(F)(F)F)cc3)oc2c1C(F)(F)F. The number of alkyl halides is 6. The Labute approximate surface area is 176 Å². The van der Waals surface area contributed by atoms with Gasteiger partial charge in [0.1, 0.15) is 11.1 Å². The number of carbonyl (C=O) groups excluding carboxylic acids is 2. The normalized spacial score (nSPS) is 12.1. The molecule has 1 N–H and O–H groups in total. The topological polar surface area (TPSA) is 81.4 Å². The molecule has 0 saturated carbocycles. The number of benzene rings is 2.